The Morgan fingerprint density at radius 3 is 2.42 bits per heavy atom. The molecule has 2 N–H and O–H groups in total. The van der Waals surface area contributed by atoms with Crippen LogP contribution in [0.5, 0.6) is 0 Å². The maximum Gasteiger partial charge on any atom is 0.306 e. The van der Waals surface area contributed by atoms with E-state index in [-0.39, 0.29) is 34.7 Å². The minimum Gasteiger partial charge on any atom is -0.481 e. The van der Waals surface area contributed by atoms with Gasteiger partial charge in [-0.25, -0.2) is 0 Å². The zero-order valence-corrected chi connectivity index (χ0v) is 15.8. The maximum absolute atomic E-state index is 12.5. The number of fused-ring (bicyclic) bond motifs is 5. The highest BCUT2D eigenvalue weighted by Gasteiger charge is 2.65. The molecule has 4 aliphatic rings. The van der Waals surface area contributed by atoms with Gasteiger partial charge in [-0.05, 0) is 73.5 Å². The summed E-state index contributed by atoms with van der Waals surface area (Å²) in [5, 5.41) is 20.5. The van der Waals surface area contributed by atoms with Crippen LogP contribution < -0.4 is 0 Å². The summed E-state index contributed by atoms with van der Waals surface area (Å²) in [7, 11) is 0. The molecule has 0 spiro atoms. The van der Waals surface area contributed by atoms with E-state index in [0.717, 1.165) is 38.5 Å². The van der Waals surface area contributed by atoms with Crippen molar-refractivity contribution in [3.8, 4) is 0 Å². The van der Waals surface area contributed by atoms with E-state index in [1.807, 2.05) is 0 Å². The molecule has 0 aromatic carbocycles. The molecule has 0 aromatic rings. The number of carbonyl (C=O) groups is 3. The Labute approximate surface area is 154 Å². The number of aliphatic carboxylic acids is 1. The molecule has 4 fully saturated rings. The van der Waals surface area contributed by atoms with E-state index in [9.17, 15) is 24.6 Å². The zero-order valence-electron chi connectivity index (χ0n) is 15.8. The molecule has 0 aromatic heterocycles. The molecule has 5 nitrogen and oxygen atoms in total. The Hall–Kier alpha value is -1.23. The number of ketones is 2. The molecule has 144 valence electrons. The standard InChI is InChI=1S/C21H30O5/c1-19-8-7-16(22)18(25)15(19)4-3-12-13(19)5-9-20(2)14(12)6-10-21(20,26)11-17(23)24/h12-15,26H,3-11H2,1-2H3,(H,23,24)/t12-,13+,14+,15?,19-,20+,21+/m1/s1. The highest BCUT2D eigenvalue weighted by molar-refractivity contribution is 6.38. The van der Waals surface area contributed by atoms with Gasteiger partial charge in [-0.15, -0.1) is 0 Å². The van der Waals surface area contributed by atoms with Crippen molar-refractivity contribution in [1.82, 2.24) is 0 Å². The lowest BCUT2D eigenvalue weighted by atomic mass is 9.44. The predicted molar refractivity (Wildman–Crippen MR) is 94.3 cm³/mol. The lowest BCUT2D eigenvalue weighted by Gasteiger charge is -2.60. The summed E-state index contributed by atoms with van der Waals surface area (Å²) >= 11 is 0. The molecule has 4 rings (SSSR count). The predicted octanol–water partition coefficient (Wildman–Crippen LogP) is 2.98. The Balaban J connectivity index is 1.64. The normalized spacial score (nSPS) is 50.7. The van der Waals surface area contributed by atoms with Gasteiger partial charge in [-0.2, -0.15) is 0 Å². The van der Waals surface area contributed by atoms with Crippen LogP contribution in [0, 0.1) is 34.5 Å². The Bertz CT molecular complexity index is 671. The Kier molecular flexibility index (Phi) is 3.93. The maximum atomic E-state index is 12.5. The number of carbonyl (C=O) groups excluding carboxylic acids is 2. The first-order valence-electron chi connectivity index (χ1n) is 10.1. The number of hydrogen-bond donors (Lipinski definition) is 2. The summed E-state index contributed by atoms with van der Waals surface area (Å²) in [6, 6.07) is 0. The molecular weight excluding hydrogens is 332 g/mol. The zero-order chi connectivity index (χ0) is 18.9. The topological polar surface area (TPSA) is 91.7 Å². The van der Waals surface area contributed by atoms with Gasteiger partial charge in [0.2, 0.25) is 5.78 Å². The van der Waals surface area contributed by atoms with Crippen molar-refractivity contribution < 1.29 is 24.6 Å². The summed E-state index contributed by atoms with van der Waals surface area (Å²) in [4.78, 5) is 35.8. The molecule has 0 heterocycles. The molecule has 4 aliphatic carbocycles. The van der Waals surface area contributed by atoms with Crippen LogP contribution >= 0.6 is 0 Å². The van der Waals surface area contributed by atoms with E-state index in [1.54, 1.807) is 0 Å². The quantitative estimate of drug-likeness (QED) is 0.737. The number of carboxylic acid groups (broad SMARTS) is 1. The first-order valence-corrected chi connectivity index (χ1v) is 10.1. The second-order valence-electron chi connectivity index (χ2n) is 9.90. The van der Waals surface area contributed by atoms with Gasteiger partial charge < -0.3 is 10.2 Å². The van der Waals surface area contributed by atoms with E-state index in [1.165, 1.54) is 0 Å². The summed E-state index contributed by atoms with van der Waals surface area (Å²) < 4.78 is 0. The van der Waals surface area contributed by atoms with Crippen molar-refractivity contribution in [3.63, 3.8) is 0 Å². The molecule has 4 saturated carbocycles. The minimum absolute atomic E-state index is 0.108. The molecule has 7 atom stereocenters. The van der Waals surface area contributed by atoms with Crippen LogP contribution in [0.3, 0.4) is 0 Å². The molecule has 0 saturated heterocycles. The fourth-order valence-electron chi connectivity index (χ4n) is 7.60. The lowest BCUT2D eigenvalue weighted by Crippen LogP contribution is -2.58. The number of aliphatic hydroxyl groups is 1. The molecular formula is C21H30O5. The number of rotatable bonds is 2. The van der Waals surface area contributed by atoms with Gasteiger partial charge in [0.25, 0.3) is 0 Å². The summed E-state index contributed by atoms with van der Waals surface area (Å²) in [6.07, 6.45) is 5.85. The van der Waals surface area contributed by atoms with E-state index in [2.05, 4.69) is 13.8 Å². The monoisotopic (exact) mass is 362 g/mol. The molecule has 1 unspecified atom stereocenters. The second-order valence-corrected chi connectivity index (χ2v) is 9.90. The lowest BCUT2D eigenvalue weighted by molar-refractivity contribution is -0.172. The summed E-state index contributed by atoms with van der Waals surface area (Å²) in [5.74, 6) is -0.252. The smallest absolute Gasteiger partial charge is 0.306 e. The fourth-order valence-corrected chi connectivity index (χ4v) is 7.60. The third-order valence-corrected chi connectivity index (χ3v) is 9.12. The van der Waals surface area contributed by atoms with Gasteiger partial charge in [-0.3, -0.25) is 14.4 Å². The van der Waals surface area contributed by atoms with Crippen LogP contribution in [0.2, 0.25) is 0 Å². The SMILES string of the molecule is C[C@]12CCC(=O)C(=O)C1CC[C@@H]1[C@@H]2CC[C@@]2(C)[C@H]1CC[C@]2(O)CC(=O)O. The van der Waals surface area contributed by atoms with Crippen molar-refractivity contribution in [3.05, 3.63) is 0 Å². The summed E-state index contributed by atoms with van der Waals surface area (Å²) in [6.45, 7) is 4.30. The van der Waals surface area contributed by atoms with E-state index < -0.39 is 11.6 Å². The van der Waals surface area contributed by atoms with Gasteiger partial charge in [-0.1, -0.05) is 13.8 Å². The molecule has 0 bridgehead atoms. The van der Waals surface area contributed by atoms with Crippen molar-refractivity contribution in [2.75, 3.05) is 0 Å². The van der Waals surface area contributed by atoms with Crippen molar-refractivity contribution in [2.24, 2.45) is 34.5 Å². The van der Waals surface area contributed by atoms with E-state index in [0.29, 0.717) is 30.6 Å². The average molecular weight is 362 g/mol. The van der Waals surface area contributed by atoms with Crippen LogP contribution in [0.25, 0.3) is 0 Å². The third kappa shape index (κ3) is 2.22. The molecule has 0 amide bonds. The minimum atomic E-state index is -1.12. The van der Waals surface area contributed by atoms with Crippen LogP contribution in [-0.4, -0.2) is 33.3 Å². The van der Waals surface area contributed by atoms with Gasteiger partial charge in [0.1, 0.15) is 0 Å². The van der Waals surface area contributed by atoms with Crippen molar-refractivity contribution >= 4 is 17.5 Å². The van der Waals surface area contributed by atoms with Gasteiger partial charge in [0.05, 0.1) is 12.0 Å². The van der Waals surface area contributed by atoms with Gasteiger partial charge in [0.15, 0.2) is 5.78 Å². The number of hydrogen-bond acceptors (Lipinski definition) is 4. The highest BCUT2D eigenvalue weighted by Crippen LogP contribution is 2.68. The largest absolute Gasteiger partial charge is 0.481 e. The van der Waals surface area contributed by atoms with E-state index in [4.69, 9.17) is 0 Å². The van der Waals surface area contributed by atoms with Crippen LogP contribution in [0.4, 0.5) is 0 Å². The van der Waals surface area contributed by atoms with Gasteiger partial charge >= 0.3 is 5.97 Å². The van der Waals surface area contributed by atoms with E-state index >= 15 is 0 Å². The first-order chi connectivity index (χ1) is 12.1. The van der Waals surface area contributed by atoms with Gasteiger partial charge in [0, 0.05) is 12.3 Å². The fraction of sp³-hybridized carbons (Fsp3) is 0.857. The van der Waals surface area contributed by atoms with Crippen molar-refractivity contribution in [1.29, 1.82) is 0 Å². The highest BCUT2D eigenvalue weighted by atomic mass is 16.4. The summed E-state index contributed by atoms with van der Waals surface area (Å²) in [5.41, 5.74) is -1.59. The molecule has 26 heavy (non-hydrogen) atoms. The molecule has 0 aliphatic heterocycles. The van der Waals surface area contributed by atoms with Crippen LogP contribution in [0.15, 0.2) is 0 Å². The Morgan fingerprint density at radius 1 is 1.04 bits per heavy atom. The first kappa shape index (κ1) is 18.1. The number of Topliss-reactive ketones (excluding diaryl/α,β-unsaturated/α-hetero) is 2. The molecule has 5 heteroatoms. The second kappa shape index (κ2) is 5.63. The van der Waals surface area contributed by atoms with Crippen LogP contribution in [0.1, 0.15) is 71.6 Å². The van der Waals surface area contributed by atoms with Crippen LogP contribution in [-0.2, 0) is 14.4 Å². The third-order valence-electron chi connectivity index (χ3n) is 9.12. The average Bonchev–Trinajstić information content (AvgIpc) is 2.82. The Morgan fingerprint density at radius 2 is 1.73 bits per heavy atom. The van der Waals surface area contributed by atoms with Crippen molar-refractivity contribution in [2.45, 2.75) is 77.2 Å². The number of carboxylic acids is 1. The molecule has 0 radical (unpaired) electrons.